The Morgan fingerprint density at radius 1 is 1.14 bits per heavy atom. The van der Waals surface area contributed by atoms with Crippen LogP contribution in [-0.2, 0) is 5.54 Å². The summed E-state index contributed by atoms with van der Waals surface area (Å²) in [5, 5.41) is 6.43. The summed E-state index contributed by atoms with van der Waals surface area (Å²) in [6.07, 6.45) is 1.78. The highest BCUT2D eigenvalue weighted by Gasteiger charge is 2.27. The molecule has 21 heavy (non-hydrogen) atoms. The Bertz CT molecular complexity index is 761. The zero-order valence-corrected chi connectivity index (χ0v) is 12.3. The Morgan fingerprint density at radius 2 is 1.90 bits per heavy atom. The topological polar surface area (TPSA) is 64.9 Å². The second-order valence-corrected chi connectivity index (χ2v) is 5.65. The van der Waals surface area contributed by atoms with Crippen LogP contribution in [0.25, 0.3) is 22.2 Å². The van der Waals surface area contributed by atoms with E-state index in [1.165, 1.54) is 5.39 Å². The number of benzene rings is 2. The molecule has 0 radical (unpaired) electrons. The monoisotopic (exact) mass is 281 g/mol. The largest absolute Gasteiger partial charge is 0.337 e. The maximum absolute atomic E-state index is 6.23. The standard InChI is InChI=1S/C17H19N3O/c1-3-10-17(2,18)16-19-15(20-21-16)14-9-8-12-6-4-5-7-13(12)11-14/h4-9,11H,3,10,18H2,1-2H3. The molecule has 2 aromatic carbocycles. The maximum Gasteiger partial charge on any atom is 0.246 e. The molecule has 4 nitrogen and oxygen atoms in total. The molecular weight excluding hydrogens is 262 g/mol. The lowest BCUT2D eigenvalue weighted by Gasteiger charge is -2.18. The van der Waals surface area contributed by atoms with E-state index in [0.29, 0.717) is 11.7 Å². The molecule has 3 aromatic rings. The van der Waals surface area contributed by atoms with Crippen LogP contribution in [0.2, 0.25) is 0 Å². The van der Waals surface area contributed by atoms with Crippen LogP contribution in [0.3, 0.4) is 0 Å². The molecule has 1 heterocycles. The highest BCUT2D eigenvalue weighted by Crippen LogP contribution is 2.26. The van der Waals surface area contributed by atoms with Gasteiger partial charge in [-0.25, -0.2) is 0 Å². The first-order valence-corrected chi connectivity index (χ1v) is 7.22. The summed E-state index contributed by atoms with van der Waals surface area (Å²) in [6, 6.07) is 14.3. The van der Waals surface area contributed by atoms with Gasteiger partial charge in [0.2, 0.25) is 11.7 Å². The molecule has 1 unspecified atom stereocenters. The molecule has 0 saturated heterocycles. The van der Waals surface area contributed by atoms with Gasteiger partial charge in [-0.1, -0.05) is 54.9 Å². The van der Waals surface area contributed by atoms with Gasteiger partial charge in [0.25, 0.3) is 0 Å². The molecule has 1 atom stereocenters. The fraction of sp³-hybridized carbons (Fsp3) is 0.294. The van der Waals surface area contributed by atoms with Crippen molar-refractivity contribution in [1.29, 1.82) is 0 Å². The summed E-state index contributed by atoms with van der Waals surface area (Å²) in [7, 11) is 0. The Hall–Kier alpha value is -2.20. The van der Waals surface area contributed by atoms with Gasteiger partial charge in [0.05, 0.1) is 5.54 Å². The number of nitrogens with zero attached hydrogens (tertiary/aromatic N) is 2. The van der Waals surface area contributed by atoms with E-state index >= 15 is 0 Å². The number of hydrogen-bond donors (Lipinski definition) is 1. The number of nitrogens with two attached hydrogens (primary N) is 1. The first-order valence-electron chi connectivity index (χ1n) is 7.22. The molecule has 108 valence electrons. The van der Waals surface area contributed by atoms with Gasteiger partial charge >= 0.3 is 0 Å². The third-order valence-corrected chi connectivity index (χ3v) is 3.69. The van der Waals surface area contributed by atoms with Crippen LogP contribution in [-0.4, -0.2) is 10.1 Å². The number of aromatic nitrogens is 2. The normalized spacial score (nSPS) is 14.2. The van der Waals surface area contributed by atoms with Crippen LogP contribution in [0, 0.1) is 0 Å². The summed E-state index contributed by atoms with van der Waals surface area (Å²) in [6.45, 7) is 4.01. The highest BCUT2D eigenvalue weighted by molar-refractivity contribution is 5.86. The molecule has 0 amide bonds. The summed E-state index contributed by atoms with van der Waals surface area (Å²) in [4.78, 5) is 4.47. The molecule has 0 aliphatic carbocycles. The van der Waals surface area contributed by atoms with Gasteiger partial charge in [0.1, 0.15) is 0 Å². The SMILES string of the molecule is CCCC(C)(N)c1nc(-c2ccc3ccccc3c2)no1. The summed E-state index contributed by atoms with van der Waals surface area (Å²) in [5.41, 5.74) is 6.60. The van der Waals surface area contributed by atoms with Crippen LogP contribution < -0.4 is 5.73 Å². The van der Waals surface area contributed by atoms with Crippen LogP contribution >= 0.6 is 0 Å². The average Bonchev–Trinajstić information content (AvgIpc) is 2.97. The van der Waals surface area contributed by atoms with Gasteiger partial charge in [0, 0.05) is 5.56 Å². The van der Waals surface area contributed by atoms with Crippen molar-refractivity contribution in [2.24, 2.45) is 5.73 Å². The van der Waals surface area contributed by atoms with Crippen molar-refractivity contribution in [2.45, 2.75) is 32.2 Å². The minimum atomic E-state index is -0.573. The van der Waals surface area contributed by atoms with Crippen molar-refractivity contribution in [3.8, 4) is 11.4 Å². The Morgan fingerprint density at radius 3 is 2.67 bits per heavy atom. The number of hydrogen-bond acceptors (Lipinski definition) is 4. The van der Waals surface area contributed by atoms with Crippen LogP contribution in [0.15, 0.2) is 47.0 Å². The van der Waals surface area contributed by atoms with E-state index in [4.69, 9.17) is 10.3 Å². The lowest BCUT2D eigenvalue weighted by molar-refractivity contribution is 0.284. The van der Waals surface area contributed by atoms with Gasteiger partial charge in [-0.05, 0) is 30.2 Å². The van der Waals surface area contributed by atoms with Gasteiger partial charge in [-0.2, -0.15) is 4.98 Å². The van der Waals surface area contributed by atoms with Gasteiger partial charge < -0.3 is 10.3 Å². The predicted octanol–water partition coefficient (Wildman–Crippen LogP) is 3.86. The zero-order chi connectivity index (χ0) is 14.9. The quantitative estimate of drug-likeness (QED) is 0.788. The first-order chi connectivity index (χ1) is 10.1. The van der Waals surface area contributed by atoms with E-state index in [9.17, 15) is 0 Å². The molecule has 3 rings (SSSR count). The predicted molar refractivity (Wildman–Crippen MR) is 83.7 cm³/mol. The molecule has 0 aliphatic rings. The third-order valence-electron chi connectivity index (χ3n) is 3.69. The Kier molecular flexibility index (Phi) is 3.47. The first kappa shape index (κ1) is 13.8. The van der Waals surface area contributed by atoms with E-state index in [0.717, 1.165) is 23.8 Å². The number of rotatable bonds is 4. The molecular formula is C17H19N3O. The van der Waals surface area contributed by atoms with Gasteiger partial charge in [-0.3, -0.25) is 0 Å². The van der Waals surface area contributed by atoms with Crippen molar-refractivity contribution in [1.82, 2.24) is 10.1 Å². The van der Waals surface area contributed by atoms with E-state index in [1.54, 1.807) is 0 Å². The average molecular weight is 281 g/mol. The minimum absolute atomic E-state index is 0.493. The van der Waals surface area contributed by atoms with Gasteiger partial charge in [-0.15, -0.1) is 0 Å². The summed E-state index contributed by atoms with van der Waals surface area (Å²) < 4.78 is 5.36. The second-order valence-electron chi connectivity index (χ2n) is 5.65. The van der Waals surface area contributed by atoms with E-state index in [1.807, 2.05) is 25.1 Å². The molecule has 4 heteroatoms. The van der Waals surface area contributed by atoms with Crippen molar-refractivity contribution >= 4 is 10.8 Å². The lowest BCUT2D eigenvalue weighted by atomic mass is 9.98. The van der Waals surface area contributed by atoms with Gasteiger partial charge in [0.15, 0.2) is 0 Å². The van der Waals surface area contributed by atoms with E-state index in [2.05, 4.69) is 41.3 Å². The minimum Gasteiger partial charge on any atom is -0.337 e. The summed E-state index contributed by atoms with van der Waals surface area (Å²) >= 11 is 0. The van der Waals surface area contributed by atoms with Crippen LogP contribution in [0.5, 0.6) is 0 Å². The molecule has 0 bridgehead atoms. The molecule has 2 N–H and O–H groups in total. The fourth-order valence-electron chi connectivity index (χ4n) is 2.53. The molecule has 0 fully saturated rings. The fourth-order valence-corrected chi connectivity index (χ4v) is 2.53. The molecule has 0 spiro atoms. The molecule has 1 aromatic heterocycles. The van der Waals surface area contributed by atoms with Crippen LogP contribution in [0.4, 0.5) is 0 Å². The second kappa shape index (κ2) is 5.30. The highest BCUT2D eigenvalue weighted by atomic mass is 16.5. The Balaban J connectivity index is 1.98. The van der Waals surface area contributed by atoms with Crippen molar-refractivity contribution < 1.29 is 4.52 Å². The van der Waals surface area contributed by atoms with E-state index in [-0.39, 0.29) is 0 Å². The Labute approximate surface area is 124 Å². The van der Waals surface area contributed by atoms with Crippen molar-refractivity contribution in [2.75, 3.05) is 0 Å². The lowest BCUT2D eigenvalue weighted by Crippen LogP contribution is -2.33. The van der Waals surface area contributed by atoms with Crippen molar-refractivity contribution in [3.63, 3.8) is 0 Å². The molecule has 0 aliphatic heterocycles. The maximum atomic E-state index is 6.23. The zero-order valence-electron chi connectivity index (χ0n) is 12.3. The smallest absolute Gasteiger partial charge is 0.246 e. The van der Waals surface area contributed by atoms with Crippen molar-refractivity contribution in [3.05, 3.63) is 48.4 Å². The third kappa shape index (κ3) is 2.67. The summed E-state index contributed by atoms with van der Waals surface area (Å²) in [5.74, 6) is 1.08. The number of fused-ring (bicyclic) bond motifs is 1. The van der Waals surface area contributed by atoms with Crippen LogP contribution in [0.1, 0.15) is 32.6 Å². The van der Waals surface area contributed by atoms with E-state index < -0.39 is 5.54 Å². The molecule has 0 saturated carbocycles.